The number of nitro groups is 1. The molecule has 2 aromatic rings. The van der Waals surface area contributed by atoms with Crippen LogP contribution in [0.3, 0.4) is 0 Å². The number of aromatic nitrogens is 2. The first kappa shape index (κ1) is 16.1. The first-order valence-electron chi connectivity index (χ1n) is 6.89. The van der Waals surface area contributed by atoms with Crippen molar-refractivity contribution in [2.45, 2.75) is 26.0 Å². The van der Waals surface area contributed by atoms with Crippen LogP contribution < -0.4 is 0 Å². The third kappa shape index (κ3) is 4.34. The van der Waals surface area contributed by atoms with Gasteiger partial charge in [-0.3, -0.25) is 15.0 Å². The van der Waals surface area contributed by atoms with Crippen LogP contribution in [0.1, 0.15) is 19.2 Å². The molecule has 0 aliphatic heterocycles. The van der Waals surface area contributed by atoms with Gasteiger partial charge in [-0.25, -0.2) is 0 Å². The van der Waals surface area contributed by atoms with Gasteiger partial charge in [-0.05, 0) is 20.4 Å². The second kappa shape index (κ2) is 7.10. The quantitative estimate of drug-likeness (QED) is 0.614. The summed E-state index contributed by atoms with van der Waals surface area (Å²) in [5.41, 5.74) is 0.522. The average Bonchev–Trinajstić information content (AvgIpc) is 2.93. The number of nitrogens with zero attached hydrogens (tertiary/aromatic N) is 4. The van der Waals surface area contributed by atoms with Gasteiger partial charge in [0.25, 0.3) is 5.69 Å². The number of rotatable bonds is 7. The second-order valence-electron chi connectivity index (χ2n) is 5.19. The molecule has 0 aliphatic rings. The molecule has 8 nitrogen and oxygen atoms in total. The summed E-state index contributed by atoms with van der Waals surface area (Å²) in [7, 11) is 1.89. The van der Waals surface area contributed by atoms with Crippen molar-refractivity contribution in [3.8, 4) is 11.4 Å². The van der Waals surface area contributed by atoms with Gasteiger partial charge in [0.15, 0.2) is 0 Å². The predicted octanol–water partition coefficient (Wildman–Crippen LogP) is 1.85. The summed E-state index contributed by atoms with van der Waals surface area (Å²) in [5, 5.41) is 23.9. The van der Waals surface area contributed by atoms with E-state index < -0.39 is 4.92 Å². The van der Waals surface area contributed by atoms with Gasteiger partial charge >= 0.3 is 0 Å². The zero-order valence-corrected chi connectivity index (χ0v) is 12.5. The molecule has 1 aromatic heterocycles. The molecule has 1 aromatic carbocycles. The van der Waals surface area contributed by atoms with Gasteiger partial charge in [-0.15, -0.1) is 0 Å². The second-order valence-corrected chi connectivity index (χ2v) is 5.19. The van der Waals surface area contributed by atoms with E-state index in [0.29, 0.717) is 36.8 Å². The molecule has 0 radical (unpaired) electrons. The summed E-state index contributed by atoms with van der Waals surface area (Å²) < 4.78 is 5.16. The fraction of sp³-hybridized carbons (Fsp3) is 0.429. The van der Waals surface area contributed by atoms with E-state index in [1.54, 1.807) is 19.1 Å². The lowest BCUT2D eigenvalue weighted by Crippen LogP contribution is -2.22. The van der Waals surface area contributed by atoms with Crippen LogP contribution in [0.4, 0.5) is 5.69 Å². The highest BCUT2D eigenvalue weighted by molar-refractivity contribution is 5.58. The predicted molar refractivity (Wildman–Crippen MR) is 79.0 cm³/mol. The molecule has 1 N–H and O–H groups in total. The zero-order valence-electron chi connectivity index (χ0n) is 12.5. The molecule has 8 heteroatoms. The molecule has 22 heavy (non-hydrogen) atoms. The molecule has 1 heterocycles. The standard InChI is InChI=1S/C14H18N4O4/c1-10(19)6-7-17(2)9-13-15-14(16-22-13)11-4-3-5-12(8-11)18(20)21/h3-5,8,10,19H,6-7,9H2,1-2H3. The van der Waals surface area contributed by atoms with Gasteiger partial charge in [0, 0.05) is 24.2 Å². The van der Waals surface area contributed by atoms with Gasteiger partial charge in [-0.2, -0.15) is 4.98 Å². The number of nitro benzene ring substituents is 1. The van der Waals surface area contributed by atoms with Gasteiger partial charge < -0.3 is 9.63 Å². The Bertz CT molecular complexity index is 641. The van der Waals surface area contributed by atoms with Crippen LogP contribution in [0.2, 0.25) is 0 Å². The molecular weight excluding hydrogens is 288 g/mol. The smallest absolute Gasteiger partial charge is 0.270 e. The minimum atomic E-state index is -0.464. The van der Waals surface area contributed by atoms with Crippen molar-refractivity contribution >= 4 is 5.69 Å². The zero-order chi connectivity index (χ0) is 16.1. The minimum Gasteiger partial charge on any atom is -0.393 e. The van der Waals surface area contributed by atoms with E-state index in [9.17, 15) is 15.2 Å². The Morgan fingerprint density at radius 3 is 2.95 bits per heavy atom. The van der Waals surface area contributed by atoms with Crippen molar-refractivity contribution in [3.63, 3.8) is 0 Å². The van der Waals surface area contributed by atoms with Crippen molar-refractivity contribution in [2.75, 3.05) is 13.6 Å². The van der Waals surface area contributed by atoms with Crippen molar-refractivity contribution in [2.24, 2.45) is 0 Å². The highest BCUT2D eigenvalue weighted by Gasteiger charge is 2.13. The lowest BCUT2D eigenvalue weighted by Gasteiger charge is -2.14. The van der Waals surface area contributed by atoms with E-state index in [1.807, 2.05) is 11.9 Å². The van der Waals surface area contributed by atoms with Crippen LogP contribution in [0.15, 0.2) is 28.8 Å². The van der Waals surface area contributed by atoms with Crippen molar-refractivity contribution in [1.29, 1.82) is 0 Å². The third-order valence-electron chi connectivity index (χ3n) is 3.12. The van der Waals surface area contributed by atoms with Crippen LogP contribution in [0.25, 0.3) is 11.4 Å². The van der Waals surface area contributed by atoms with Crippen LogP contribution in [-0.2, 0) is 6.54 Å². The van der Waals surface area contributed by atoms with E-state index in [1.165, 1.54) is 12.1 Å². The van der Waals surface area contributed by atoms with Crippen molar-refractivity contribution in [3.05, 3.63) is 40.3 Å². The monoisotopic (exact) mass is 306 g/mol. The van der Waals surface area contributed by atoms with E-state index in [2.05, 4.69) is 10.1 Å². The normalized spacial score (nSPS) is 12.5. The van der Waals surface area contributed by atoms with Crippen LogP contribution in [0.5, 0.6) is 0 Å². The number of hydrogen-bond acceptors (Lipinski definition) is 7. The summed E-state index contributed by atoms with van der Waals surface area (Å²) in [6, 6.07) is 6.09. The van der Waals surface area contributed by atoms with E-state index in [4.69, 9.17) is 4.52 Å². The molecule has 0 amide bonds. The Labute approximate surface area is 127 Å². The van der Waals surface area contributed by atoms with Gasteiger partial charge in [0.2, 0.25) is 11.7 Å². The van der Waals surface area contributed by atoms with Crippen LogP contribution >= 0.6 is 0 Å². The molecule has 0 spiro atoms. The van der Waals surface area contributed by atoms with Gasteiger partial charge in [0.1, 0.15) is 0 Å². The fourth-order valence-electron chi connectivity index (χ4n) is 1.91. The van der Waals surface area contributed by atoms with Crippen molar-refractivity contribution < 1.29 is 14.6 Å². The maximum atomic E-state index is 10.8. The van der Waals surface area contributed by atoms with E-state index in [-0.39, 0.29) is 11.8 Å². The Hall–Kier alpha value is -2.32. The Kier molecular flexibility index (Phi) is 5.18. The number of hydrogen-bond donors (Lipinski definition) is 1. The lowest BCUT2D eigenvalue weighted by molar-refractivity contribution is -0.384. The summed E-state index contributed by atoms with van der Waals surface area (Å²) in [5.74, 6) is 0.747. The molecule has 0 bridgehead atoms. The maximum Gasteiger partial charge on any atom is 0.270 e. The van der Waals surface area contributed by atoms with Gasteiger partial charge in [0.05, 0.1) is 17.6 Å². The summed E-state index contributed by atoms with van der Waals surface area (Å²) in [6.07, 6.45) is 0.299. The van der Waals surface area contributed by atoms with Gasteiger partial charge in [-0.1, -0.05) is 17.3 Å². The Morgan fingerprint density at radius 2 is 2.27 bits per heavy atom. The third-order valence-corrected chi connectivity index (χ3v) is 3.12. The average molecular weight is 306 g/mol. The number of non-ortho nitro benzene ring substituents is 1. The molecule has 0 saturated carbocycles. The first-order valence-corrected chi connectivity index (χ1v) is 6.89. The maximum absolute atomic E-state index is 10.8. The molecule has 0 fully saturated rings. The SMILES string of the molecule is CC(O)CCN(C)Cc1nc(-c2cccc([N+](=O)[O-])c2)no1. The Morgan fingerprint density at radius 1 is 1.50 bits per heavy atom. The molecule has 1 unspecified atom stereocenters. The van der Waals surface area contributed by atoms with Crippen molar-refractivity contribution in [1.82, 2.24) is 15.0 Å². The molecule has 2 rings (SSSR count). The van der Waals surface area contributed by atoms with Crippen LogP contribution in [0, 0.1) is 10.1 Å². The van der Waals surface area contributed by atoms with E-state index >= 15 is 0 Å². The number of aliphatic hydroxyl groups excluding tert-OH is 1. The summed E-state index contributed by atoms with van der Waals surface area (Å²) in [4.78, 5) is 16.5. The highest BCUT2D eigenvalue weighted by Crippen LogP contribution is 2.21. The first-order chi connectivity index (χ1) is 10.5. The number of aliphatic hydroxyl groups is 1. The highest BCUT2D eigenvalue weighted by atomic mass is 16.6. The topological polar surface area (TPSA) is 106 Å². The Balaban J connectivity index is 2.05. The summed E-state index contributed by atoms with van der Waals surface area (Å²) >= 11 is 0. The molecular formula is C14H18N4O4. The molecule has 118 valence electrons. The number of benzene rings is 1. The molecule has 0 saturated heterocycles. The molecule has 1 atom stereocenters. The molecule has 0 aliphatic carbocycles. The lowest BCUT2D eigenvalue weighted by atomic mass is 10.2. The minimum absolute atomic E-state index is 0.0158. The fourth-order valence-corrected chi connectivity index (χ4v) is 1.91. The largest absolute Gasteiger partial charge is 0.393 e. The van der Waals surface area contributed by atoms with Crippen LogP contribution in [-0.4, -0.2) is 44.8 Å². The summed E-state index contributed by atoms with van der Waals surface area (Å²) in [6.45, 7) is 2.89. The van der Waals surface area contributed by atoms with E-state index in [0.717, 1.165) is 0 Å².